The fourth-order valence-electron chi connectivity index (χ4n) is 5.99. The summed E-state index contributed by atoms with van der Waals surface area (Å²) in [5.74, 6) is -0.879. The highest BCUT2D eigenvalue weighted by Crippen LogP contribution is 2.44. The van der Waals surface area contributed by atoms with Gasteiger partial charge in [-0.2, -0.15) is 0 Å². The quantitative estimate of drug-likeness (QED) is 0.0955. The first-order valence-corrected chi connectivity index (χ1v) is 18.5. The number of ether oxygens (including phenoxy) is 5. The highest BCUT2D eigenvalue weighted by atomic mass is 16.6. The predicted octanol–water partition coefficient (Wildman–Crippen LogP) is 7.25. The van der Waals surface area contributed by atoms with Gasteiger partial charge < -0.3 is 39.4 Å². The number of alkyl carbamates (subject to hydrolysis) is 1. The maximum Gasteiger partial charge on any atom is 0.407 e. The van der Waals surface area contributed by atoms with E-state index in [-0.39, 0.29) is 24.9 Å². The lowest BCUT2D eigenvalue weighted by molar-refractivity contribution is -0.139. The standard InChI is InChI=1S/C41H62N2O9/c1-38(2,19-17-35(44)42-23-27-51-40(5,6)22-26-50-39(3,4)20-18-36(45)46)49-25-21-41(7,8)52-28-24-43-37(47)48-29-34-32-15-11-9-13-30(32)31-14-10-12-16-33(31)34/h9-16,34H,17-29H2,1-8H3,(H,42,44)(H,43,47)(H,45,46). The Morgan fingerprint density at radius 1 is 0.596 bits per heavy atom. The Balaban J connectivity index is 1.23. The summed E-state index contributed by atoms with van der Waals surface area (Å²) in [6, 6.07) is 16.5. The van der Waals surface area contributed by atoms with Crippen LogP contribution in [-0.2, 0) is 33.3 Å². The van der Waals surface area contributed by atoms with Crippen molar-refractivity contribution < 1.29 is 43.2 Å². The molecule has 0 saturated carbocycles. The normalized spacial score (nSPS) is 13.4. The van der Waals surface area contributed by atoms with Crippen LogP contribution in [0.15, 0.2) is 48.5 Å². The third-order valence-electron chi connectivity index (χ3n) is 9.41. The summed E-state index contributed by atoms with van der Waals surface area (Å²) in [6.07, 6.45) is 2.22. The first kappa shape index (κ1) is 42.9. The van der Waals surface area contributed by atoms with E-state index in [1.54, 1.807) is 0 Å². The molecule has 0 aliphatic heterocycles. The van der Waals surface area contributed by atoms with Crippen molar-refractivity contribution in [3.63, 3.8) is 0 Å². The number of hydrogen-bond donors (Lipinski definition) is 3. The number of aliphatic carboxylic acids is 1. The maximum absolute atomic E-state index is 12.5. The van der Waals surface area contributed by atoms with Gasteiger partial charge in [0.1, 0.15) is 6.61 Å². The molecule has 0 unspecified atom stereocenters. The summed E-state index contributed by atoms with van der Waals surface area (Å²) in [6.45, 7) is 18.3. The van der Waals surface area contributed by atoms with Crippen molar-refractivity contribution in [3.05, 3.63) is 59.7 Å². The van der Waals surface area contributed by atoms with Crippen molar-refractivity contribution in [2.45, 2.75) is 122 Å². The van der Waals surface area contributed by atoms with Crippen molar-refractivity contribution in [2.24, 2.45) is 0 Å². The number of rotatable bonds is 24. The smallest absolute Gasteiger partial charge is 0.407 e. The van der Waals surface area contributed by atoms with E-state index in [0.717, 1.165) is 0 Å². The van der Waals surface area contributed by atoms with Crippen molar-refractivity contribution >= 4 is 18.0 Å². The molecule has 0 atom stereocenters. The summed E-state index contributed by atoms with van der Waals surface area (Å²) in [5, 5.41) is 14.6. The van der Waals surface area contributed by atoms with E-state index in [9.17, 15) is 14.4 Å². The van der Waals surface area contributed by atoms with Crippen LogP contribution in [0.4, 0.5) is 4.79 Å². The first-order chi connectivity index (χ1) is 24.4. The topological polar surface area (TPSA) is 142 Å². The molecular weight excluding hydrogens is 664 g/mol. The molecule has 0 spiro atoms. The Morgan fingerprint density at radius 2 is 1.02 bits per heavy atom. The van der Waals surface area contributed by atoms with E-state index in [1.165, 1.54) is 22.3 Å². The molecule has 3 N–H and O–H groups in total. The Morgan fingerprint density at radius 3 is 1.52 bits per heavy atom. The number of nitrogens with one attached hydrogen (secondary N) is 2. The van der Waals surface area contributed by atoms with Gasteiger partial charge in [-0.15, -0.1) is 0 Å². The molecule has 2 aromatic rings. The second kappa shape index (κ2) is 19.5. The lowest BCUT2D eigenvalue weighted by Gasteiger charge is -2.30. The maximum atomic E-state index is 12.5. The van der Waals surface area contributed by atoms with Gasteiger partial charge in [0.2, 0.25) is 5.91 Å². The van der Waals surface area contributed by atoms with Gasteiger partial charge in [0, 0.05) is 31.8 Å². The van der Waals surface area contributed by atoms with Gasteiger partial charge in [0.15, 0.2) is 0 Å². The highest BCUT2D eigenvalue weighted by molar-refractivity contribution is 5.79. The molecule has 290 valence electrons. The van der Waals surface area contributed by atoms with Crippen molar-refractivity contribution in [1.82, 2.24) is 10.6 Å². The predicted molar refractivity (Wildman–Crippen MR) is 202 cm³/mol. The van der Waals surface area contributed by atoms with E-state index in [4.69, 9.17) is 28.8 Å². The molecule has 0 fully saturated rings. The molecule has 0 saturated heterocycles. The minimum atomic E-state index is -0.833. The zero-order valence-corrected chi connectivity index (χ0v) is 32.6. The van der Waals surface area contributed by atoms with Gasteiger partial charge in [-0.3, -0.25) is 9.59 Å². The number of amides is 2. The number of carboxylic acid groups (broad SMARTS) is 1. The third-order valence-corrected chi connectivity index (χ3v) is 9.41. The zero-order chi connectivity index (χ0) is 38.4. The molecule has 2 amide bonds. The molecule has 3 rings (SSSR count). The van der Waals surface area contributed by atoms with Gasteiger partial charge >= 0.3 is 12.1 Å². The van der Waals surface area contributed by atoms with Gasteiger partial charge in [-0.25, -0.2) is 4.79 Å². The number of carbonyl (C=O) groups is 3. The summed E-state index contributed by atoms with van der Waals surface area (Å²) in [7, 11) is 0. The largest absolute Gasteiger partial charge is 0.481 e. The van der Waals surface area contributed by atoms with Crippen LogP contribution in [0.25, 0.3) is 11.1 Å². The van der Waals surface area contributed by atoms with E-state index in [0.29, 0.717) is 71.6 Å². The van der Waals surface area contributed by atoms with Gasteiger partial charge in [-0.05, 0) is 103 Å². The Hall–Kier alpha value is -3.51. The molecule has 0 aromatic heterocycles. The van der Waals surface area contributed by atoms with Crippen LogP contribution in [0.2, 0.25) is 0 Å². The molecule has 0 heterocycles. The van der Waals surface area contributed by atoms with Crippen molar-refractivity contribution in [2.75, 3.05) is 46.1 Å². The number of carbonyl (C=O) groups excluding carboxylic acids is 2. The summed E-state index contributed by atoms with van der Waals surface area (Å²) >= 11 is 0. The number of benzene rings is 2. The molecular formula is C41H62N2O9. The molecule has 11 nitrogen and oxygen atoms in total. The lowest BCUT2D eigenvalue weighted by Crippen LogP contribution is -2.36. The first-order valence-electron chi connectivity index (χ1n) is 18.5. The molecule has 1 aliphatic rings. The van der Waals surface area contributed by atoms with Gasteiger partial charge in [0.25, 0.3) is 0 Å². The summed E-state index contributed by atoms with van der Waals surface area (Å²) in [5.41, 5.74) is 2.82. The Kier molecular flexibility index (Phi) is 16.1. The number of hydrogen-bond acceptors (Lipinski definition) is 8. The minimum Gasteiger partial charge on any atom is -0.481 e. The molecule has 1 aliphatic carbocycles. The van der Waals surface area contributed by atoms with Crippen LogP contribution in [0, 0.1) is 0 Å². The lowest BCUT2D eigenvalue weighted by atomic mass is 9.98. The molecule has 0 bridgehead atoms. The van der Waals surface area contributed by atoms with Gasteiger partial charge in [-0.1, -0.05) is 48.5 Å². The number of carboxylic acids is 1. The van der Waals surface area contributed by atoms with Crippen molar-refractivity contribution in [3.8, 4) is 11.1 Å². The molecule has 2 aromatic carbocycles. The molecule has 52 heavy (non-hydrogen) atoms. The fraction of sp³-hybridized carbons (Fsp3) is 0.634. The highest BCUT2D eigenvalue weighted by Gasteiger charge is 2.29. The summed E-state index contributed by atoms with van der Waals surface area (Å²) < 4.78 is 29.6. The average Bonchev–Trinajstić information content (AvgIpc) is 3.39. The molecule has 11 heteroatoms. The Labute approximate surface area is 310 Å². The van der Waals surface area contributed by atoms with Crippen molar-refractivity contribution in [1.29, 1.82) is 0 Å². The Bertz CT molecular complexity index is 1410. The monoisotopic (exact) mass is 726 g/mol. The minimum absolute atomic E-state index is 0.0143. The molecule has 0 radical (unpaired) electrons. The summed E-state index contributed by atoms with van der Waals surface area (Å²) in [4.78, 5) is 35.8. The SMILES string of the molecule is CC(C)(CCOC(C)(C)CCC(=O)O)OCCNC(=O)CCC(C)(C)OCCC(C)(C)OCCNC(=O)OCC1c2ccccc2-c2ccccc21. The van der Waals surface area contributed by atoms with Crippen LogP contribution in [0.5, 0.6) is 0 Å². The van der Waals surface area contributed by atoms with Crippen LogP contribution < -0.4 is 10.6 Å². The zero-order valence-electron chi connectivity index (χ0n) is 32.6. The third kappa shape index (κ3) is 15.2. The fourth-order valence-corrected chi connectivity index (χ4v) is 5.99. The van der Waals surface area contributed by atoms with E-state index in [2.05, 4.69) is 34.9 Å². The van der Waals surface area contributed by atoms with E-state index < -0.39 is 34.5 Å². The average molecular weight is 727 g/mol. The van der Waals surface area contributed by atoms with E-state index in [1.807, 2.05) is 79.7 Å². The second-order valence-electron chi connectivity index (χ2n) is 15.9. The number of fused-ring (bicyclic) bond motifs is 3. The van der Waals surface area contributed by atoms with E-state index >= 15 is 0 Å². The van der Waals surface area contributed by atoms with Crippen LogP contribution in [0.1, 0.15) is 111 Å². The van der Waals surface area contributed by atoms with Crippen LogP contribution >= 0.6 is 0 Å². The van der Waals surface area contributed by atoms with Crippen LogP contribution in [0.3, 0.4) is 0 Å². The van der Waals surface area contributed by atoms with Crippen LogP contribution in [-0.4, -0.2) is 91.6 Å². The van der Waals surface area contributed by atoms with Gasteiger partial charge in [0.05, 0.1) is 48.8 Å². The second-order valence-corrected chi connectivity index (χ2v) is 15.9.